The molecule has 2 aliphatic rings. The fourth-order valence-electron chi connectivity index (χ4n) is 3.30. The third kappa shape index (κ3) is 3.77. The lowest BCUT2D eigenvalue weighted by atomic mass is 9.97. The Kier molecular flexibility index (Phi) is 5.19. The van der Waals surface area contributed by atoms with E-state index >= 15 is 0 Å². The molecular weight excluding hydrogens is 330 g/mol. The highest BCUT2D eigenvalue weighted by molar-refractivity contribution is 7.86. The van der Waals surface area contributed by atoms with Crippen LogP contribution in [0.15, 0.2) is 24.3 Å². The predicted molar refractivity (Wildman–Crippen MR) is 89.7 cm³/mol. The number of nitrogens with two attached hydrogens (primary N) is 1. The van der Waals surface area contributed by atoms with E-state index in [1.54, 1.807) is 16.4 Å². The smallest absolute Gasteiger partial charge is 0.282 e. The first kappa shape index (κ1) is 17.3. The van der Waals surface area contributed by atoms with E-state index in [0.717, 1.165) is 18.4 Å². The van der Waals surface area contributed by atoms with Gasteiger partial charge in [-0.2, -0.15) is 17.0 Å². The van der Waals surface area contributed by atoms with Crippen LogP contribution >= 0.6 is 0 Å². The van der Waals surface area contributed by atoms with Crippen molar-refractivity contribution < 1.29 is 17.9 Å². The highest BCUT2D eigenvalue weighted by Crippen LogP contribution is 2.25. The molecule has 1 aromatic carbocycles. The van der Waals surface area contributed by atoms with Crippen molar-refractivity contribution in [2.75, 3.05) is 39.4 Å². The molecule has 1 aromatic rings. The van der Waals surface area contributed by atoms with Crippen molar-refractivity contribution in [3.63, 3.8) is 0 Å². The molecule has 0 aromatic heterocycles. The minimum Gasteiger partial charge on any atom is -0.379 e. The topological polar surface area (TPSA) is 92.9 Å². The number of amides is 1. The van der Waals surface area contributed by atoms with Crippen LogP contribution in [-0.2, 0) is 21.4 Å². The lowest BCUT2D eigenvalue weighted by molar-refractivity contribution is 0.0705. The Bertz CT molecular complexity index is 701. The van der Waals surface area contributed by atoms with Crippen LogP contribution < -0.4 is 5.73 Å². The number of morpholine rings is 1. The lowest BCUT2D eigenvalue weighted by Gasteiger charge is -2.30. The molecule has 7 nitrogen and oxygen atoms in total. The fourth-order valence-corrected chi connectivity index (χ4v) is 4.97. The van der Waals surface area contributed by atoms with Gasteiger partial charge in [-0.3, -0.25) is 4.79 Å². The van der Waals surface area contributed by atoms with Crippen LogP contribution in [0.4, 0.5) is 0 Å². The van der Waals surface area contributed by atoms with Gasteiger partial charge in [-0.25, -0.2) is 0 Å². The van der Waals surface area contributed by atoms with Crippen LogP contribution in [0.25, 0.3) is 0 Å². The number of hydrogen-bond donors (Lipinski definition) is 1. The number of carbonyl (C=O) groups is 1. The minimum atomic E-state index is -3.40. The number of primary amides is 1. The van der Waals surface area contributed by atoms with Gasteiger partial charge in [0.15, 0.2) is 0 Å². The quantitative estimate of drug-likeness (QED) is 0.820. The van der Waals surface area contributed by atoms with E-state index in [1.165, 1.54) is 4.31 Å². The molecule has 1 amide bonds. The molecule has 2 N–H and O–H groups in total. The second-order valence-electron chi connectivity index (χ2n) is 6.30. The summed E-state index contributed by atoms with van der Waals surface area (Å²) >= 11 is 0. The summed E-state index contributed by atoms with van der Waals surface area (Å²) in [6, 6.07) is 7.25. The van der Waals surface area contributed by atoms with Gasteiger partial charge in [0, 0.05) is 31.7 Å². The number of rotatable bonds is 5. The van der Waals surface area contributed by atoms with Gasteiger partial charge in [0.25, 0.3) is 10.2 Å². The van der Waals surface area contributed by atoms with Crippen molar-refractivity contribution in [1.29, 1.82) is 0 Å². The molecule has 2 aliphatic heterocycles. The maximum absolute atomic E-state index is 12.7. The van der Waals surface area contributed by atoms with Crippen molar-refractivity contribution in [2.45, 2.75) is 12.8 Å². The lowest BCUT2D eigenvalue weighted by Crippen LogP contribution is -2.47. The zero-order chi connectivity index (χ0) is 17.2. The summed E-state index contributed by atoms with van der Waals surface area (Å²) < 4.78 is 33.6. The monoisotopic (exact) mass is 353 g/mol. The average molecular weight is 353 g/mol. The van der Waals surface area contributed by atoms with Gasteiger partial charge in [0.05, 0.1) is 13.2 Å². The molecule has 24 heavy (non-hydrogen) atoms. The SMILES string of the molecule is NC(=O)c1cccc(CC2CCN(S(=O)(=O)N3CCOCC3)C2)c1. The molecule has 0 aliphatic carbocycles. The number of ether oxygens (including phenoxy) is 1. The third-order valence-corrected chi connectivity index (χ3v) is 6.61. The van der Waals surface area contributed by atoms with Crippen molar-refractivity contribution in [3.8, 4) is 0 Å². The second kappa shape index (κ2) is 7.18. The second-order valence-corrected chi connectivity index (χ2v) is 8.23. The van der Waals surface area contributed by atoms with Gasteiger partial charge in [-0.1, -0.05) is 12.1 Å². The van der Waals surface area contributed by atoms with Crippen LogP contribution in [0.1, 0.15) is 22.3 Å². The summed E-state index contributed by atoms with van der Waals surface area (Å²) in [6.45, 7) is 2.81. The molecule has 2 saturated heterocycles. The maximum atomic E-state index is 12.7. The van der Waals surface area contributed by atoms with Gasteiger partial charge in [0.1, 0.15) is 0 Å². The Morgan fingerprint density at radius 3 is 2.67 bits per heavy atom. The first-order valence-electron chi connectivity index (χ1n) is 8.18. The maximum Gasteiger partial charge on any atom is 0.282 e. The van der Waals surface area contributed by atoms with Gasteiger partial charge < -0.3 is 10.5 Å². The van der Waals surface area contributed by atoms with Gasteiger partial charge in [-0.15, -0.1) is 0 Å². The molecule has 0 spiro atoms. The van der Waals surface area contributed by atoms with Crippen LogP contribution in [-0.4, -0.2) is 62.3 Å². The molecule has 3 rings (SSSR count). The number of benzene rings is 1. The van der Waals surface area contributed by atoms with Crippen molar-refractivity contribution in [3.05, 3.63) is 35.4 Å². The largest absolute Gasteiger partial charge is 0.379 e. The molecule has 8 heteroatoms. The summed E-state index contributed by atoms with van der Waals surface area (Å²) in [7, 11) is -3.40. The summed E-state index contributed by atoms with van der Waals surface area (Å²) in [4.78, 5) is 11.3. The Hall–Kier alpha value is -1.48. The molecule has 132 valence electrons. The van der Waals surface area contributed by atoms with E-state index in [4.69, 9.17) is 10.5 Å². The zero-order valence-corrected chi connectivity index (χ0v) is 14.4. The minimum absolute atomic E-state index is 0.254. The van der Waals surface area contributed by atoms with Crippen molar-refractivity contribution >= 4 is 16.1 Å². The normalized spacial score (nSPS) is 23.4. The standard InChI is InChI=1S/C16H23N3O4S/c17-16(20)15-3-1-2-13(11-15)10-14-4-5-19(12-14)24(21,22)18-6-8-23-9-7-18/h1-3,11,14H,4-10,12H2,(H2,17,20). The highest BCUT2D eigenvalue weighted by atomic mass is 32.2. The van der Waals surface area contributed by atoms with Crippen molar-refractivity contribution in [1.82, 2.24) is 8.61 Å². The van der Waals surface area contributed by atoms with Gasteiger partial charge in [0.2, 0.25) is 5.91 Å². The van der Waals surface area contributed by atoms with E-state index in [2.05, 4.69) is 0 Å². The van der Waals surface area contributed by atoms with Crippen LogP contribution in [0.2, 0.25) is 0 Å². The predicted octanol–water partition coefficient (Wildman–Crippen LogP) is 0.227. The first-order chi connectivity index (χ1) is 11.5. The third-order valence-electron chi connectivity index (χ3n) is 4.61. The molecule has 0 radical (unpaired) electrons. The summed E-state index contributed by atoms with van der Waals surface area (Å²) in [5.41, 5.74) is 6.82. The molecule has 2 heterocycles. The van der Waals surface area contributed by atoms with E-state index in [1.807, 2.05) is 12.1 Å². The van der Waals surface area contributed by atoms with Crippen LogP contribution in [0.3, 0.4) is 0 Å². The molecule has 1 atom stereocenters. The van der Waals surface area contributed by atoms with E-state index in [9.17, 15) is 13.2 Å². The van der Waals surface area contributed by atoms with E-state index < -0.39 is 16.1 Å². The summed E-state index contributed by atoms with van der Waals surface area (Å²) in [6.07, 6.45) is 1.57. The fraction of sp³-hybridized carbons (Fsp3) is 0.562. The number of carbonyl (C=O) groups excluding carboxylic acids is 1. The van der Waals surface area contributed by atoms with E-state index in [0.29, 0.717) is 45.0 Å². The number of nitrogens with zero attached hydrogens (tertiary/aromatic N) is 2. The Morgan fingerprint density at radius 2 is 1.96 bits per heavy atom. The highest BCUT2D eigenvalue weighted by Gasteiger charge is 2.36. The number of hydrogen-bond acceptors (Lipinski definition) is 4. The zero-order valence-electron chi connectivity index (χ0n) is 13.6. The molecule has 0 bridgehead atoms. The Balaban J connectivity index is 1.63. The average Bonchev–Trinajstić information content (AvgIpc) is 3.05. The first-order valence-corrected chi connectivity index (χ1v) is 9.58. The molecule has 0 saturated carbocycles. The molecule has 2 fully saturated rings. The van der Waals surface area contributed by atoms with Crippen LogP contribution in [0.5, 0.6) is 0 Å². The summed E-state index contributed by atoms with van der Waals surface area (Å²) in [5.74, 6) is -0.191. The van der Waals surface area contributed by atoms with E-state index in [-0.39, 0.29) is 5.92 Å². The van der Waals surface area contributed by atoms with Crippen LogP contribution in [0, 0.1) is 5.92 Å². The Morgan fingerprint density at radius 1 is 1.21 bits per heavy atom. The Labute approximate surface area is 142 Å². The summed E-state index contributed by atoms with van der Waals surface area (Å²) in [5, 5.41) is 0. The molecular formula is C16H23N3O4S. The van der Waals surface area contributed by atoms with Gasteiger partial charge in [-0.05, 0) is 36.5 Å². The van der Waals surface area contributed by atoms with Crippen molar-refractivity contribution in [2.24, 2.45) is 11.7 Å². The van der Waals surface area contributed by atoms with Gasteiger partial charge >= 0.3 is 0 Å². The molecule has 1 unspecified atom stereocenters.